The Morgan fingerprint density at radius 2 is 1.57 bits per heavy atom. The predicted octanol–water partition coefficient (Wildman–Crippen LogP) is 4.84. The van der Waals surface area contributed by atoms with Crippen LogP contribution in [0.4, 0.5) is 5.69 Å². The Balaban J connectivity index is 2.05. The van der Waals surface area contributed by atoms with Gasteiger partial charge in [0.25, 0.3) is 10.0 Å². The third-order valence-corrected chi connectivity index (χ3v) is 8.55. The second-order valence-corrected chi connectivity index (χ2v) is 11.9. The predicted molar refractivity (Wildman–Crippen MR) is 158 cm³/mol. The van der Waals surface area contributed by atoms with E-state index < -0.39 is 28.5 Å². The highest BCUT2D eigenvalue weighted by Crippen LogP contribution is 2.27. The van der Waals surface area contributed by atoms with Crippen molar-refractivity contribution in [1.29, 1.82) is 0 Å². The summed E-state index contributed by atoms with van der Waals surface area (Å²) < 4.78 is 34.3. The van der Waals surface area contributed by atoms with E-state index in [0.29, 0.717) is 11.4 Å². The first-order valence-corrected chi connectivity index (χ1v) is 14.8. The molecule has 1 N–H and O–H groups in total. The number of rotatable bonds is 12. The molecular weight excluding hydrogens is 526 g/mol. The summed E-state index contributed by atoms with van der Waals surface area (Å²) in [6, 6.07) is 19.8. The molecule has 0 fully saturated rings. The minimum Gasteiger partial charge on any atom is -0.497 e. The van der Waals surface area contributed by atoms with E-state index in [9.17, 15) is 18.0 Å². The largest absolute Gasteiger partial charge is 0.497 e. The maximum atomic E-state index is 14.0. The van der Waals surface area contributed by atoms with Gasteiger partial charge in [-0.25, -0.2) is 8.42 Å². The Hall–Kier alpha value is -3.85. The molecule has 214 valence electrons. The molecule has 2 atom stereocenters. The van der Waals surface area contributed by atoms with Crippen molar-refractivity contribution in [2.24, 2.45) is 0 Å². The molecule has 2 unspecified atom stereocenters. The Labute approximate surface area is 238 Å². The molecule has 3 aromatic rings. The fourth-order valence-electron chi connectivity index (χ4n) is 4.36. The number of methoxy groups -OCH3 is 1. The molecule has 0 heterocycles. The van der Waals surface area contributed by atoms with Gasteiger partial charge in [-0.3, -0.25) is 13.9 Å². The van der Waals surface area contributed by atoms with Gasteiger partial charge >= 0.3 is 0 Å². The minimum atomic E-state index is -4.10. The molecular formula is C31H39N3O5S. The summed E-state index contributed by atoms with van der Waals surface area (Å²) in [4.78, 5) is 28.7. The van der Waals surface area contributed by atoms with Gasteiger partial charge < -0.3 is 15.0 Å². The number of carbonyl (C=O) groups is 2. The van der Waals surface area contributed by atoms with E-state index in [4.69, 9.17) is 4.74 Å². The third kappa shape index (κ3) is 7.63. The average Bonchev–Trinajstić information content (AvgIpc) is 2.93. The molecule has 8 nitrogen and oxygen atoms in total. The van der Waals surface area contributed by atoms with Gasteiger partial charge in [0.2, 0.25) is 11.8 Å². The number of ether oxygens (including phenoxy) is 1. The van der Waals surface area contributed by atoms with Crippen LogP contribution in [0.3, 0.4) is 0 Å². The maximum absolute atomic E-state index is 14.0. The van der Waals surface area contributed by atoms with Crippen molar-refractivity contribution in [1.82, 2.24) is 10.2 Å². The van der Waals surface area contributed by atoms with Crippen molar-refractivity contribution in [2.75, 3.05) is 18.0 Å². The van der Waals surface area contributed by atoms with Crippen LogP contribution in [0.2, 0.25) is 0 Å². The van der Waals surface area contributed by atoms with Crippen LogP contribution in [0.15, 0.2) is 77.7 Å². The lowest BCUT2D eigenvalue weighted by Gasteiger charge is -2.32. The molecule has 3 aromatic carbocycles. The topological polar surface area (TPSA) is 96.0 Å². The van der Waals surface area contributed by atoms with Crippen molar-refractivity contribution in [2.45, 2.75) is 64.6 Å². The van der Waals surface area contributed by atoms with E-state index in [-0.39, 0.29) is 23.4 Å². The quantitative estimate of drug-likeness (QED) is 0.339. The van der Waals surface area contributed by atoms with E-state index >= 15 is 0 Å². The summed E-state index contributed by atoms with van der Waals surface area (Å²) in [6.45, 7) is 8.88. The average molecular weight is 566 g/mol. The van der Waals surface area contributed by atoms with Gasteiger partial charge in [-0.05, 0) is 87.2 Å². The summed E-state index contributed by atoms with van der Waals surface area (Å²) >= 11 is 0. The second kappa shape index (κ2) is 13.5. The number of sulfonamides is 1. The van der Waals surface area contributed by atoms with Crippen LogP contribution in [-0.4, -0.2) is 50.9 Å². The summed E-state index contributed by atoms with van der Waals surface area (Å²) in [5.41, 5.74) is 2.86. The highest BCUT2D eigenvalue weighted by atomic mass is 32.2. The standard InChI is InChI=1S/C31H39N3O5S/c1-7-24(4)32-31(36)25(5)33(20-26-12-11-13-28(19-26)39-6)30(35)21-34(27-17-22(2)16-23(3)18-27)40(37,38)29-14-9-8-10-15-29/h8-19,24-25H,7,20-21H2,1-6H3,(H,32,36). The molecule has 0 aliphatic carbocycles. The molecule has 0 radical (unpaired) electrons. The van der Waals surface area contributed by atoms with Gasteiger partial charge in [-0.15, -0.1) is 0 Å². The molecule has 0 aromatic heterocycles. The van der Waals surface area contributed by atoms with Crippen LogP contribution >= 0.6 is 0 Å². The molecule has 0 saturated heterocycles. The minimum absolute atomic E-state index is 0.0730. The summed E-state index contributed by atoms with van der Waals surface area (Å²) in [5.74, 6) is -0.201. The van der Waals surface area contributed by atoms with Gasteiger partial charge in [-0.2, -0.15) is 0 Å². The van der Waals surface area contributed by atoms with Crippen molar-refractivity contribution < 1.29 is 22.7 Å². The lowest BCUT2D eigenvalue weighted by molar-refractivity contribution is -0.139. The van der Waals surface area contributed by atoms with Crippen LogP contribution in [0, 0.1) is 13.8 Å². The van der Waals surface area contributed by atoms with Crippen molar-refractivity contribution in [3.05, 3.63) is 89.5 Å². The molecule has 0 saturated carbocycles. The Morgan fingerprint density at radius 1 is 0.925 bits per heavy atom. The number of hydrogen-bond donors (Lipinski definition) is 1. The maximum Gasteiger partial charge on any atom is 0.264 e. The normalized spacial score (nSPS) is 12.8. The Morgan fingerprint density at radius 3 is 2.17 bits per heavy atom. The van der Waals surface area contributed by atoms with Crippen molar-refractivity contribution in [3.63, 3.8) is 0 Å². The van der Waals surface area contributed by atoms with E-state index in [1.807, 2.05) is 45.9 Å². The zero-order valence-corrected chi connectivity index (χ0v) is 24.9. The monoisotopic (exact) mass is 565 g/mol. The lowest BCUT2D eigenvalue weighted by atomic mass is 10.1. The first-order valence-electron chi connectivity index (χ1n) is 13.3. The zero-order chi connectivity index (χ0) is 29.4. The molecule has 0 spiro atoms. The van der Waals surface area contributed by atoms with Crippen molar-refractivity contribution >= 4 is 27.5 Å². The van der Waals surface area contributed by atoms with Crippen LogP contribution in [0.5, 0.6) is 5.75 Å². The van der Waals surface area contributed by atoms with Crippen molar-refractivity contribution in [3.8, 4) is 5.75 Å². The smallest absolute Gasteiger partial charge is 0.264 e. The van der Waals surface area contributed by atoms with E-state index in [2.05, 4.69) is 5.32 Å². The number of nitrogens with one attached hydrogen (secondary N) is 1. The van der Waals surface area contributed by atoms with Gasteiger partial charge in [0, 0.05) is 12.6 Å². The number of hydrogen-bond acceptors (Lipinski definition) is 5. The van der Waals surface area contributed by atoms with E-state index in [1.165, 1.54) is 17.0 Å². The Bertz CT molecular complexity index is 1410. The van der Waals surface area contributed by atoms with Gasteiger partial charge in [0.1, 0.15) is 18.3 Å². The SMILES string of the molecule is CCC(C)NC(=O)C(C)N(Cc1cccc(OC)c1)C(=O)CN(c1cc(C)cc(C)c1)S(=O)(=O)c1ccccc1. The molecule has 0 aliphatic rings. The highest BCUT2D eigenvalue weighted by Gasteiger charge is 2.33. The lowest BCUT2D eigenvalue weighted by Crippen LogP contribution is -2.52. The van der Waals surface area contributed by atoms with E-state index in [0.717, 1.165) is 27.4 Å². The van der Waals surface area contributed by atoms with E-state index in [1.54, 1.807) is 56.5 Å². The number of anilines is 1. The van der Waals surface area contributed by atoms with Crippen LogP contribution < -0.4 is 14.4 Å². The second-order valence-electron chi connectivity index (χ2n) is 10.0. The van der Waals surface area contributed by atoms with Gasteiger partial charge in [0.05, 0.1) is 17.7 Å². The summed E-state index contributed by atoms with van der Waals surface area (Å²) in [7, 11) is -2.55. The number of amides is 2. The number of nitrogens with zero attached hydrogens (tertiary/aromatic N) is 2. The first kappa shape index (κ1) is 30.7. The Kier molecular flexibility index (Phi) is 10.3. The van der Waals surface area contributed by atoms with Gasteiger partial charge in [-0.1, -0.05) is 43.3 Å². The number of carbonyl (C=O) groups excluding carboxylic acids is 2. The summed E-state index contributed by atoms with van der Waals surface area (Å²) in [6.07, 6.45) is 0.734. The zero-order valence-electron chi connectivity index (χ0n) is 24.0. The first-order chi connectivity index (χ1) is 19.0. The highest BCUT2D eigenvalue weighted by molar-refractivity contribution is 7.92. The third-order valence-electron chi connectivity index (χ3n) is 6.76. The molecule has 2 amide bonds. The van der Waals surface area contributed by atoms with Crippen LogP contribution in [0.25, 0.3) is 0 Å². The fourth-order valence-corrected chi connectivity index (χ4v) is 5.78. The van der Waals surface area contributed by atoms with Crippen LogP contribution in [0.1, 0.15) is 43.9 Å². The summed E-state index contributed by atoms with van der Waals surface area (Å²) in [5, 5.41) is 2.94. The molecule has 40 heavy (non-hydrogen) atoms. The molecule has 3 rings (SSSR count). The number of aryl methyl sites for hydroxylation is 2. The number of benzene rings is 3. The van der Waals surface area contributed by atoms with Crippen LogP contribution in [-0.2, 0) is 26.2 Å². The molecule has 0 bridgehead atoms. The molecule has 9 heteroatoms. The fraction of sp³-hybridized carbons (Fsp3) is 0.355. The molecule has 0 aliphatic heterocycles. The van der Waals surface area contributed by atoms with Gasteiger partial charge in [0.15, 0.2) is 0 Å².